The lowest BCUT2D eigenvalue weighted by Crippen LogP contribution is -2.48. The minimum Gasteiger partial charge on any atom is -0.465 e. The molecule has 2 aliphatic heterocycles. The largest absolute Gasteiger partial charge is 0.465 e. The summed E-state index contributed by atoms with van der Waals surface area (Å²) in [6, 6.07) is 0. The Morgan fingerprint density at radius 3 is 2.75 bits per heavy atom. The van der Waals surface area contributed by atoms with Crippen molar-refractivity contribution < 1.29 is 14.3 Å². The van der Waals surface area contributed by atoms with Crippen molar-refractivity contribution in [2.24, 2.45) is 5.92 Å². The molecule has 4 heteroatoms. The molecular formula is C12H21NO3. The second-order valence-corrected chi connectivity index (χ2v) is 4.95. The second kappa shape index (κ2) is 5.15. The first-order valence-electron chi connectivity index (χ1n) is 6.18. The van der Waals surface area contributed by atoms with Gasteiger partial charge in [-0.3, -0.25) is 4.79 Å². The molecule has 0 aromatic heterocycles. The third-order valence-corrected chi connectivity index (χ3v) is 3.67. The van der Waals surface area contributed by atoms with Crippen molar-refractivity contribution in [1.82, 2.24) is 5.32 Å². The van der Waals surface area contributed by atoms with Gasteiger partial charge in [-0.1, -0.05) is 0 Å². The predicted molar refractivity (Wildman–Crippen MR) is 60.1 cm³/mol. The molecule has 2 fully saturated rings. The highest BCUT2D eigenvalue weighted by molar-refractivity contribution is 5.65. The molecule has 2 rings (SSSR count). The maximum Gasteiger partial charge on any atom is 0.302 e. The number of ether oxygens (including phenoxy) is 2. The highest BCUT2D eigenvalue weighted by atomic mass is 16.5. The second-order valence-electron chi connectivity index (χ2n) is 4.95. The molecule has 0 bridgehead atoms. The molecule has 1 N–H and O–H groups in total. The Balaban J connectivity index is 1.75. The summed E-state index contributed by atoms with van der Waals surface area (Å²) >= 11 is 0. The van der Waals surface area contributed by atoms with Gasteiger partial charge in [0.2, 0.25) is 0 Å². The maximum atomic E-state index is 10.7. The van der Waals surface area contributed by atoms with E-state index in [-0.39, 0.29) is 11.6 Å². The molecule has 16 heavy (non-hydrogen) atoms. The zero-order chi connectivity index (χ0) is 11.4. The fourth-order valence-corrected chi connectivity index (χ4v) is 2.56. The van der Waals surface area contributed by atoms with Gasteiger partial charge in [0.05, 0.1) is 18.8 Å². The summed E-state index contributed by atoms with van der Waals surface area (Å²) in [5, 5.41) is 3.36. The van der Waals surface area contributed by atoms with E-state index in [0.717, 1.165) is 45.4 Å². The Morgan fingerprint density at radius 2 is 2.19 bits per heavy atom. The first kappa shape index (κ1) is 11.9. The number of esters is 1. The van der Waals surface area contributed by atoms with Crippen LogP contribution in [0.5, 0.6) is 0 Å². The van der Waals surface area contributed by atoms with E-state index in [1.807, 2.05) is 0 Å². The van der Waals surface area contributed by atoms with Crippen LogP contribution in [0.3, 0.4) is 0 Å². The topological polar surface area (TPSA) is 47.6 Å². The van der Waals surface area contributed by atoms with Crippen LogP contribution in [0.15, 0.2) is 0 Å². The Hall–Kier alpha value is -0.610. The quantitative estimate of drug-likeness (QED) is 0.718. The molecule has 1 spiro atoms. The van der Waals surface area contributed by atoms with E-state index in [9.17, 15) is 4.79 Å². The Morgan fingerprint density at radius 1 is 1.44 bits per heavy atom. The van der Waals surface area contributed by atoms with Gasteiger partial charge < -0.3 is 14.8 Å². The number of rotatable bonds is 2. The average molecular weight is 227 g/mol. The van der Waals surface area contributed by atoms with Crippen LogP contribution in [0.25, 0.3) is 0 Å². The third-order valence-electron chi connectivity index (χ3n) is 3.67. The van der Waals surface area contributed by atoms with Crippen molar-refractivity contribution in [2.75, 3.05) is 26.3 Å². The van der Waals surface area contributed by atoms with Crippen LogP contribution in [0.4, 0.5) is 0 Å². The number of nitrogens with one attached hydrogen (secondary N) is 1. The fourth-order valence-electron chi connectivity index (χ4n) is 2.56. The van der Waals surface area contributed by atoms with Gasteiger partial charge in [0.15, 0.2) is 0 Å². The molecule has 92 valence electrons. The van der Waals surface area contributed by atoms with Crippen LogP contribution in [0.1, 0.15) is 32.6 Å². The standard InChI is InChI=1S/C12H21NO3/c1-10(14)15-8-11-2-3-12(16-9-11)4-6-13-7-5-12/h11,13H,2-9H2,1H3. The molecule has 0 saturated carbocycles. The lowest BCUT2D eigenvalue weighted by molar-refractivity contribution is -0.150. The number of hydrogen-bond acceptors (Lipinski definition) is 4. The minimum atomic E-state index is -0.192. The first-order valence-corrected chi connectivity index (χ1v) is 6.18. The Labute approximate surface area is 96.7 Å². The molecule has 2 heterocycles. The van der Waals surface area contributed by atoms with Gasteiger partial charge in [-0.2, -0.15) is 0 Å². The molecule has 1 unspecified atom stereocenters. The van der Waals surface area contributed by atoms with Gasteiger partial charge in [-0.25, -0.2) is 0 Å². The summed E-state index contributed by atoms with van der Waals surface area (Å²) in [6.45, 7) is 4.85. The molecule has 0 aromatic carbocycles. The van der Waals surface area contributed by atoms with E-state index in [0.29, 0.717) is 12.5 Å². The number of piperidine rings is 1. The van der Waals surface area contributed by atoms with E-state index in [4.69, 9.17) is 9.47 Å². The zero-order valence-corrected chi connectivity index (χ0v) is 9.96. The summed E-state index contributed by atoms with van der Waals surface area (Å²) < 4.78 is 11.0. The van der Waals surface area contributed by atoms with E-state index in [2.05, 4.69) is 5.32 Å². The molecule has 0 aromatic rings. The van der Waals surface area contributed by atoms with Crippen LogP contribution >= 0.6 is 0 Å². The van der Waals surface area contributed by atoms with Gasteiger partial charge in [0.1, 0.15) is 0 Å². The zero-order valence-electron chi connectivity index (χ0n) is 9.96. The number of hydrogen-bond donors (Lipinski definition) is 1. The fraction of sp³-hybridized carbons (Fsp3) is 0.917. The maximum absolute atomic E-state index is 10.7. The first-order chi connectivity index (χ1) is 7.70. The smallest absolute Gasteiger partial charge is 0.302 e. The third kappa shape index (κ3) is 2.95. The lowest BCUT2D eigenvalue weighted by Gasteiger charge is -2.42. The highest BCUT2D eigenvalue weighted by Crippen LogP contribution is 2.34. The highest BCUT2D eigenvalue weighted by Gasteiger charge is 2.37. The molecule has 1 atom stereocenters. The molecule has 2 saturated heterocycles. The summed E-state index contributed by atoms with van der Waals surface area (Å²) in [4.78, 5) is 10.7. The Kier molecular flexibility index (Phi) is 3.82. The summed E-state index contributed by atoms with van der Waals surface area (Å²) in [6.07, 6.45) is 4.47. The van der Waals surface area contributed by atoms with E-state index >= 15 is 0 Å². The van der Waals surface area contributed by atoms with Gasteiger partial charge in [0, 0.05) is 12.8 Å². The molecule has 2 aliphatic rings. The van der Waals surface area contributed by atoms with Crippen molar-refractivity contribution in [2.45, 2.75) is 38.2 Å². The van der Waals surface area contributed by atoms with Gasteiger partial charge in [-0.05, 0) is 38.8 Å². The summed E-state index contributed by atoms with van der Waals surface area (Å²) in [5.41, 5.74) is 0.123. The van der Waals surface area contributed by atoms with Crippen LogP contribution in [-0.4, -0.2) is 37.9 Å². The summed E-state index contributed by atoms with van der Waals surface area (Å²) in [5.74, 6) is 0.201. The molecule has 0 aliphatic carbocycles. The molecule has 0 radical (unpaired) electrons. The van der Waals surface area contributed by atoms with Gasteiger partial charge in [-0.15, -0.1) is 0 Å². The SMILES string of the molecule is CC(=O)OCC1CCC2(CCNCC2)OC1. The summed E-state index contributed by atoms with van der Waals surface area (Å²) in [7, 11) is 0. The monoisotopic (exact) mass is 227 g/mol. The molecule has 0 amide bonds. The normalized spacial score (nSPS) is 28.9. The van der Waals surface area contributed by atoms with Crippen molar-refractivity contribution in [1.29, 1.82) is 0 Å². The van der Waals surface area contributed by atoms with Gasteiger partial charge in [0.25, 0.3) is 0 Å². The average Bonchev–Trinajstić information content (AvgIpc) is 2.29. The van der Waals surface area contributed by atoms with Crippen molar-refractivity contribution in [3.63, 3.8) is 0 Å². The van der Waals surface area contributed by atoms with Crippen molar-refractivity contribution >= 4 is 5.97 Å². The molecule has 4 nitrogen and oxygen atoms in total. The van der Waals surface area contributed by atoms with Crippen LogP contribution in [-0.2, 0) is 14.3 Å². The van der Waals surface area contributed by atoms with Crippen molar-refractivity contribution in [3.05, 3.63) is 0 Å². The minimum absolute atomic E-state index is 0.123. The Bertz CT molecular complexity index is 239. The van der Waals surface area contributed by atoms with Gasteiger partial charge >= 0.3 is 5.97 Å². The predicted octanol–water partition coefficient (Wildman–Crippen LogP) is 1.10. The van der Waals surface area contributed by atoms with Crippen LogP contribution < -0.4 is 5.32 Å². The number of carbonyl (C=O) groups excluding carboxylic acids is 1. The van der Waals surface area contributed by atoms with Crippen LogP contribution in [0, 0.1) is 5.92 Å². The van der Waals surface area contributed by atoms with E-state index in [1.54, 1.807) is 0 Å². The van der Waals surface area contributed by atoms with Crippen LogP contribution in [0.2, 0.25) is 0 Å². The lowest BCUT2D eigenvalue weighted by atomic mass is 9.82. The van der Waals surface area contributed by atoms with E-state index in [1.165, 1.54) is 6.92 Å². The molecular weight excluding hydrogens is 206 g/mol. The van der Waals surface area contributed by atoms with E-state index < -0.39 is 0 Å². The number of carbonyl (C=O) groups is 1. The van der Waals surface area contributed by atoms with Crippen molar-refractivity contribution in [3.8, 4) is 0 Å².